The molecule has 0 aliphatic heterocycles. The molecule has 0 radical (unpaired) electrons. The first kappa shape index (κ1) is 15.4. The molecule has 0 spiro atoms. The van der Waals surface area contributed by atoms with E-state index >= 15 is 0 Å². The fourth-order valence-corrected chi connectivity index (χ4v) is 3.41. The van der Waals surface area contributed by atoms with Crippen LogP contribution in [0.1, 0.15) is 25.3 Å². The van der Waals surface area contributed by atoms with Crippen molar-refractivity contribution in [2.75, 3.05) is 12.4 Å². The number of nitrogens with one attached hydrogen (secondary N) is 1. The molecule has 6 heteroatoms. The van der Waals surface area contributed by atoms with Gasteiger partial charge in [0.05, 0.1) is 5.02 Å². The van der Waals surface area contributed by atoms with Crippen LogP contribution < -0.4 is 5.32 Å². The number of halogens is 2. The minimum atomic E-state index is 0.305. The van der Waals surface area contributed by atoms with Gasteiger partial charge in [-0.05, 0) is 24.1 Å². The summed E-state index contributed by atoms with van der Waals surface area (Å²) in [4.78, 5) is 9.54. The summed E-state index contributed by atoms with van der Waals surface area (Å²) in [5, 5.41) is 5.32. The molecule has 20 heavy (non-hydrogen) atoms. The van der Waals surface area contributed by atoms with Gasteiger partial charge in [0, 0.05) is 22.5 Å². The first-order valence-electron chi connectivity index (χ1n) is 6.18. The van der Waals surface area contributed by atoms with Crippen LogP contribution in [-0.2, 0) is 0 Å². The molecule has 1 aromatic carbocycles. The van der Waals surface area contributed by atoms with Crippen molar-refractivity contribution in [2.45, 2.75) is 29.7 Å². The summed E-state index contributed by atoms with van der Waals surface area (Å²) < 4.78 is 0. The maximum atomic E-state index is 6.21. The van der Waals surface area contributed by atoms with Crippen molar-refractivity contribution in [1.29, 1.82) is 0 Å². The predicted octanol–water partition coefficient (Wildman–Crippen LogP) is 5.10. The van der Waals surface area contributed by atoms with Gasteiger partial charge in [-0.1, -0.05) is 48.8 Å². The molecule has 0 amide bonds. The van der Waals surface area contributed by atoms with Crippen molar-refractivity contribution < 1.29 is 0 Å². The monoisotopic (exact) mass is 327 g/mol. The molecule has 106 valence electrons. The number of rotatable bonds is 4. The average molecular weight is 328 g/mol. The van der Waals surface area contributed by atoms with E-state index in [0.717, 1.165) is 21.3 Å². The van der Waals surface area contributed by atoms with E-state index in [2.05, 4.69) is 29.1 Å². The van der Waals surface area contributed by atoms with Gasteiger partial charge in [-0.3, -0.25) is 0 Å². The number of aromatic nitrogens is 2. The Labute approximate surface area is 133 Å². The molecule has 1 N–H and O–H groups in total. The Kier molecular flexibility index (Phi) is 5.13. The number of hydrogen-bond donors (Lipinski definition) is 1. The minimum Gasteiger partial charge on any atom is -0.373 e. The van der Waals surface area contributed by atoms with Crippen LogP contribution in [0.3, 0.4) is 0 Å². The van der Waals surface area contributed by atoms with Gasteiger partial charge in [-0.25, -0.2) is 9.97 Å². The smallest absolute Gasteiger partial charge is 0.133 e. The second kappa shape index (κ2) is 6.66. The lowest BCUT2D eigenvalue weighted by atomic mass is 10.1. The first-order valence-corrected chi connectivity index (χ1v) is 7.75. The van der Waals surface area contributed by atoms with Gasteiger partial charge in [0.15, 0.2) is 0 Å². The van der Waals surface area contributed by atoms with Gasteiger partial charge in [-0.15, -0.1) is 0 Å². The van der Waals surface area contributed by atoms with E-state index in [1.807, 2.05) is 13.1 Å². The van der Waals surface area contributed by atoms with E-state index in [1.54, 1.807) is 18.5 Å². The molecule has 0 atom stereocenters. The molecule has 2 rings (SSSR count). The van der Waals surface area contributed by atoms with Crippen LogP contribution in [0.15, 0.2) is 34.4 Å². The third-order valence-electron chi connectivity index (χ3n) is 2.76. The lowest BCUT2D eigenvalue weighted by Crippen LogP contribution is -2.04. The van der Waals surface area contributed by atoms with Crippen molar-refractivity contribution in [3.63, 3.8) is 0 Å². The Balaban J connectivity index is 2.45. The number of hydrogen-bond acceptors (Lipinski definition) is 4. The largest absolute Gasteiger partial charge is 0.373 e. The number of anilines is 1. The molecule has 0 aliphatic carbocycles. The normalized spacial score (nSPS) is 10.9. The fourth-order valence-electron chi connectivity index (χ4n) is 1.84. The Hall–Kier alpha value is -0.970. The zero-order chi connectivity index (χ0) is 14.7. The van der Waals surface area contributed by atoms with Crippen LogP contribution in [0.4, 0.5) is 5.82 Å². The number of benzene rings is 1. The summed E-state index contributed by atoms with van der Waals surface area (Å²) in [6.07, 6.45) is 1.55. The van der Waals surface area contributed by atoms with Gasteiger partial charge in [0.25, 0.3) is 0 Å². The topological polar surface area (TPSA) is 37.8 Å². The van der Waals surface area contributed by atoms with E-state index in [-0.39, 0.29) is 0 Å². The maximum absolute atomic E-state index is 6.21. The molecule has 0 saturated carbocycles. The van der Waals surface area contributed by atoms with Crippen LogP contribution in [0.25, 0.3) is 0 Å². The first-order chi connectivity index (χ1) is 9.52. The fraction of sp³-hybridized carbons (Fsp3) is 0.286. The van der Waals surface area contributed by atoms with Crippen LogP contribution in [0, 0.1) is 0 Å². The Morgan fingerprint density at radius 3 is 2.60 bits per heavy atom. The Bertz CT molecular complexity index is 617. The molecule has 0 saturated heterocycles. The zero-order valence-corrected chi connectivity index (χ0v) is 13.8. The van der Waals surface area contributed by atoms with E-state index in [0.29, 0.717) is 16.0 Å². The molecular formula is C14H15Cl2N3S. The molecule has 3 nitrogen and oxygen atoms in total. The summed E-state index contributed by atoms with van der Waals surface area (Å²) in [5.41, 5.74) is 1.08. The summed E-state index contributed by atoms with van der Waals surface area (Å²) >= 11 is 13.7. The van der Waals surface area contributed by atoms with Crippen LogP contribution in [0.2, 0.25) is 10.0 Å². The summed E-state index contributed by atoms with van der Waals surface area (Å²) in [7, 11) is 1.86. The van der Waals surface area contributed by atoms with Crippen molar-refractivity contribution in [3.05, 3.63) is 40.1 Å². The van der Waals surface area contributed by atoms with E-state index in [4.69, 9.17) is 23.2 Å². The molecule has 0 fully saturated rings. The Morgan fingerprint density at radius 2 is 1.95 bits per heavy atom. The highest BCUT2D eigenvalue weighted by Crippen LogP contribution is 2.39. The van der Waals surface area contributed by atoms with Crippen molar-refractivity contribution in [1.82, 2.24) is 9.97 Å². The van der Waals surface area contributed by atoms with Gasteiger partial charge in [0.2, 0.25) is 0 Å². The highest BCUT2D eigenvalue weighted by molar-refractivity contribution is 7.99. The van der Waals surface area contributed by atoms with E-state index < -0.39 is 0 Å². The highest BCUT2D eigenvalue weighted by Gasteiger charge is 2.16. The van der Waals surface area contributed by atoms with Crippen molar-refractivity contribution >= 4 is 40.8 Å². The molecule has 1 heterocycles. The zero-order valence-electron chi connectivity index (χ0n) is 11.4. The van der Waals surface area contributed by atoms with E-state index in [9.17, 15) is 0 Å². The van der Waals surface area contributed by atoms with Crippen LogP contribution in [0.5, 0.6) is 0 Å². The third-order valence-corrected chi connectivity index (χ3v) is 4.51. The number of nitrogens with zero attached hydrogens (tertiary/aromatic N) is 2. The average Bonchev–Trinajstić information content (AvgIpc) is 2.42. The SMILES string of the molecule is CNc1ncnc(Sc2cc(Cl)ccc2Cl)c1C(C)C. The minimum absolute atomic E-state index is 0.305. The predicted molar refractivity (Wildman–Crippen MR) is 86.3 cm³/mol. The van der Waals surface area contributed by atoms with Gasteiger partial charge in [-0.2, -0.15) is 0 Å². The second-order valence-corrected chi connectivity index (χ2v) is 6.40. The van der Waals surface area contributed by atoms with Crippen LogP contribution >= 0.6 is 35.0 Å². The summed E-state index contributed by atoms with van der Waals surface area (Å²) in [6, 6.07) is 5.41. The van der Waals surface area contributed by atoms with Gasteiger partial charge in [0.1, 0.15) is 17.2 Å². The van der Waals surface area contributed by atoms with E-state index in [1.165, 1.54) is 11.8 Å². The summed E-state index contributed by atoms with van der Waals surface area (Å²) in [5.74, 6) is 1.15. The van der Waals surface area contributed by atoms with Gasteiger partial charge < -0.3 is 5.32 Å². The molecule has 0 unspecified atom stereocenters. The second-order valence-electron chi connectivity index (χ2n) is 4.52. The quantitative estimate of drug-likeness (QED) is 0.793. The lowest BCUT2D eigenvalue weighted by molar-refractivity contribution is 0.806. The molecule has 2 aromatic rings. The highest BCUT2D eigenvalue weighted by atomic mass is 35.5. The Morgan fingerprint density at radius 1 is 1.20 bits per heavy atom. The van der Waals surface area contributed by atoms with Gasteiger partial charge >= 0.3 is 0 Å². The molecule has 1 aromatic heterocycles. The third kappa shape index (κ3) is 3.37. The van der Waals surface area contributed by atoms with Crippen molar-refractivity contribution in [3.8, 4) is 0 Å². The lowest BCUT2D eigenvalue weighted by Gasteiger charge is -2.15. The van der Waals surface area contributed by atoms with Crippen molar-refractivity contribution in [2.24, 2.45) is 0 Å². The maximum Gasteiger partial charge on any atom is 0.133 e. The summed E-state index contributed by atoms with van der Waals surface area (Å²) in [6.45, 7) is 4.23. The standard InChI is InChI=1S/C14H15Cl2N3S/c1-8(2)12-13(17-3)18-7-19-14(12)20-11-6-9(15)4-5-10(11)16/h4-8H,1-3H3,(H,17,18,19). The van der Waals surface area contributed by atoms with Crippen LogP contribution in [-0.4, -0.2) is 17.0 Å². The molecule has 0 aliphatic rings. The molecule has 0 bridgehead atoms. The molecular weight excluding hydrogens is 313 g/mol.